The smallest absolute Gasteiger partial charge is 0.256 e. The lowest BCUT2D eigenvalue weighted by Crippen LogP contribution is -2.14. The van der Waals surface area contributed by atoms with E-state index in [4.69, 9.17) is 9.47 Å². The largest absolute Gasteiger partial charge is 0.492 e. The van der Waals surface area contributed by atoms with E-state index in [0.717, 1.165) is 23.3 Å². The van der Waals surface area contributed by atoms with Crippen LogP contribution in [0.4, 0.5) is 5.69 Å². The Morgan fingerprint density at radius 2 is 2.13 bits per heavy atom. The van der Waals surface area contributed by atoms with Crippen molar-refractivity contribution in [2.45, 2.75) is 33.3 Å². The molecule has 1 unspecified atom stereocenters. The van der Waals surface area contributed by atoms with Gasteiger partial charge in [0.25, 0.3) is 5.91 Å². The van der Waals surface area contributed by atoms with E-state index in [1.807, 2.05) is 57.2 Å². The Kier molecular flexibility index (Phi) is 4.24. The Balaban J connectivity index is 1.91. The highest BCUT2D eigenvalue weighted by atomic mass is 16.5. The molecule has 1 heterocycles. The van der Waals surface area contributed by atoms with Gasteiger partial charge in [0.15, 0.2) is 0 Å². The molecule has 0 radical (unpaired) electrons. The van der Waals surface area contributed by atoms with Crippen LogP contribution in [-0.4, -0.2) is 18.6 Å². The lowest BCUT2D eigenvalue weighted by atomic mass is 10.1. The molecule has 0 aliphatic carbocycles. The maximum Gasteiger partial charge on any atom is 0.256 e. The third-order valence-electron chi connectivity index (χ3n) is 3.94. The Bertz CT molecular complexity index is 739. The van der Waals surface area contributed by atoms with Crippen molar-refractivity contribution < 1.29 is 14.3 Å². The highest BCUT2D eigenvalue weighted by Crippen LogP contribution is 2.38. The molecule has 0 spiro atoms. The van der Waals surface area contributed by atoms with Crippen molar-refractivity contribution in [2.75, 3.05) is 11.9 Å². The number of hydrogen-bond acceptors (Lipinski definition) is 3. The molecule has 0 aromatic heterocycles. The first-order chi connectivity index (χ1) is 11.1. The Hall–Kier alpha value is -2.49. The van der Waals surface area contributed by atoms with E-state index in [-0.39, 0.29) is 12.0 Å². The average Bonchev–Trinajstić information content (AvgIpc) is 2.87. The van der Waals surface area contributed by atoms with E-state index in [1.165, 1.54) is 0 Å². The van der Waals surface area contributed by atoms with Gasteiger partial charge >= 0.3 is 0 Å². The van der Waals surface area contributed by atoms with Gasteiger partial charge in [0.05, 0.1) is 12.3 Å². The fraction of sp³-hybridized carbons (Fsp3) is 0.316. The van der Waals surface area contributed by atoms with Crippen molar-refractivity contribution in [1.29, 1.82) is 0 Å². The van der Waals surface area contributed by atoms with Crippen molar-refractivity contribution in [3.05, 3.63) is 53.1 Å². The molecule has 2 aromatic carbocycles. The van der Waals surface area contributed by atoms with Crippen LogP contribution in [0.5, 0.6) is 11.5 Å². The molecule has 1 N–H and O–H groups in total. The van der Waals surface area contributed by atoms with Crippen molar-refractivity contribution >= 4 is 11.6 Å². The second-order valence-electron chi connectivity index (χ2n) is 5.79. The zero-order valence-corrected chi connectivity index (χ0v) is 13.7. The molecule has 0 saturated carbocycles. The van der Waals surface area contributed by atoms with Gasteiger partial charge in [-0.15, -0.1) is 0 Å². The maximum atomic E-state index is 12.5. The maximum absolute atomic E-state index is 12.5. The Morgan fingerprint density at radius 1 is 1.35 bits per heavy atom. The van der Waals surface area contributed by atoms with E-state index in [0.29, 0.717) is 23.6 Å². The number of carbonyl (C=O) groups is 1. The number of ether oxygens (including phenoxy) is 2. The second-order valence-corrected chi connectivity index (χ2v) is 5.79. The number of amides is 1. The van der Waals surface area contributed by atoms with Crippen molar-refractivity contribution in [3.8, 4) is 11.5 Å². The molecule has 0 saturated heterocycles. The van der Waals surface area contributed by atoms with Crippen LogP contribution in [-0.2, 0) is 6.42 Å². The molecule has 1 atom stereocenters. The van der Waals surface area contributed by atoms with Gasteiger partial charge in [-0.05, 0) is 38.5 Å². The summed E-state index contributed by atoms with van der Waals surface area (Å²) < 4.78 is 11.5. The molecule has 1 aliphatic rings. The summed E-state index contributed by atoms with van der Waals surface area (Å²) in [7, 11) is 0. The second kappa shape index (κ2) is 6.32. The third kappa shape index (κ3) is 3.16. The zero-order chi connectivity index (χ0) is 16.4. The summed E-state index contributed by atoms with van der Waals surface area (Å²) >= 11 is 0. The summed E-state index contributed by atoms with van der Waals surface area (Å²) in [4.78, 5) is 12.5. The fourth-order valence-electron chi connectivity index (χ4n) is 2.83. The molecule has 0 bridgehead atoms. The first kappa shape index (κ1) is 15.4. The van der Waals surface area contributed by atoms with Gasteiger partial charge in [0.1, 0.15) is 17.6 Å². The minimum Gasteiger partial charge on any atom is -0.492 e. The number of anilines is 1. The molecule has 4 nitrogen and oxygen atoms in total. The van der Waals surface area contributed by atoms with Gasteiger partial charge in [0, 0.05) is 23.6 Å². The van der Waals surface area contributed by atoms with Gasteiger partial charge in [-0.25, -0.2) is 0 Å². The standard InChI is InChI=1S/C19H21NO3/c1-4-22-18-10-14-9-13(3)23-17(14)11-16(18)20-19(21)15-8-6-5-7-12(15)2/h5-8,10-11,13H,4,9H2,1-3H3,(H,20,21). The summed E-state index contributed by atoms with van der Waals surface area (Å²) in [5.41, 5.74) is 3.36. The number of rotatable bonds is 4. The minimum absolute atomic E-state index is 0.143. The summed E-state index contributed by atoms with van der Waals surface area (Å²) in [5, 5.41) is 2.95. The predicted octanol–water partition coefficient (Wildman–Crippen LogP) is 3.97. The van der Waals surface area contributed by atoms with Crippen LogP contribution in [0.3, 0.4) is 0 Å². The molecule has 4 heteroatoms. The van der Waals surface area contributed by atoms with E-state index in [9.17, 15) is 4.79 Å². The molecule has 2 aromatic rings. The lowest BCUT2D eigenvalue weighted by Gasteiger charge is -2.14. The zero-order valence-electron chi connectivity index (χ0n) is 13.7. The summed E-state index contributed by atoms with van der Waals surface area (Å²) in [5.74, 6) is 1.36. The first-order valence-electron chi connectivity index (χ1n) is 7.92. The molecule has 23 heavy (non-hydrogen) atoms. The van der Waals surface area contributed by atoms with Gasteiger partial charge in [-0.3, -0.25) is 4.79 Å². The predicted molar refractivity (Wildman–Crippen MR) is 90.5 cm³/mol. The van der Waals surface area contributed by atoms with E-state index < -0.39 is 0 Å². The van der Waals surface area contributed by atoms with Crippen molar-refractivity contribution in [3.63, 3.8) is 0 Å². The lowest BCUT2D eigenvalue weighted by molar-refractivity contribution is 0.102. The summed E-state index contributed by atoms with van der Waals surface area (Å²) in [6.45, 7) is 6.43. The molecule has 120 valence electrons. The van der Waals surface area contributed by atoms with Crippen LogP contribution in [0.25, 0.3) is 0 Å². The van der Waals surface area contributed by atoms with Gasteiger partial charge < -0.3 is 14.8 Å². The number of carbonyl (C=O) groups excluding carboxylic acids is 1. The molecular formula is C19H21NO3. The number of fused-ring (bicyclic) bond motifs is 1. The summed E-state index contributed by atoms with van der Waals surface area (Å²) in [6.07, 6.45) is 1.02. The van der Waals surface area contributed by atoms with Crippen molar-refractivity contribution in [1.82, 2.24) is 0 Å². The Morgan fingerprint density at radius 3 is 2.87 bits per heavy atom. The minimum atomic E-state index is -0.143. The fourth-order valence-corrected chi connectivity index (χ4v) is 2.83. The van der Waals surface area contributed by atoms with Crippen LogP contribution in [0.1, 0.15) is 35.3 Å². The molecule has 1 amide bonds. The van der Waals surface area contributed by atoms with Crippen molar-refractivity contribution in [2.24, 2.45) is 0 Å². The van der Waals surface area contributed by atoms with E-state index >= 15 is 0 Å². The number of aryl methyl sites for hydroxylation is 1. The molecule has 1 aliphatic heterocycles. The van der Waals surface area contributed by atoms with Gasteiger partial charge in [-0.1, -0.05) is 18.2 Å². The van der Waals surface area contributed by atoms with Gasteiger partial charge in [-0.2, -0.15) is 0 Å². The molecule has 3 rings (SSSR count). The van der Waals surface area contributed by atoms with Crippen LogP contribution in [0.15, 0.2) is 36.4 Å². The normalized spacial score (nSPS) is 15.7. The van der Waals surface area contributed by atoms with Crippen LogP contribution in [0.2, 0.25) is 0 Å². The Labute approximate surface area is 136 Å². The topological polar surface area (TPSA) is 47.6 Å². The number of benzene rings is 2. The van der Waals surface area contributed by atoms with Crippen LogP contribution in [0, 0.1) is 6.92 Å². The van der Waals surface area contributed by atoms with E-state index in [1.54, 1.807) is 0 Å². The quantitative estimate of drug-likeness (QED) is 0.929. The first-order valence-corrected chi connectivity index (χ1v) is 7.92. The SMILES string of the molecule is CCOc1cc2c(cc1NC(=O)c1ccccc1C)OC(C)C2. The number of hydrogen-bond donors (Lipinski definition) is 1. The van der Waals surface area contributed by atoms with E-state index in [2.05, 4.69) is 5.32 Å². The summed E-state index contributed by atoms with van der Waals surface area (Å²) in [6, 6.07) is 11.3. The highest BCUT2D eigenvalue weighted by Gasteiger charge is 2.23. The van der Waals surface area contributed by atoms with Crippen LogP contribution >= 0.6 is 0 Å². The molecule has 0 fully saturated rings. The highest BCUT2D eigenvalue weighted by molar-refractivity contribution is 6.06. The number of nitrogens with one attached hydrogen (secondary N) is 1. The van der Waals surface area contributed by atoms with Gasteiger partial charge in [0.2, 0.25) is 0 Å². The molecular weight excluding hydrogens is 290 g/mol. The third-order valence-corrected chi connectivity index (χ3v) is 3.94. The monoisotopic (exact) mass is 311 g/mol. The average molecular weight is 311 g/mol. The van der Waals surface area contributed by atoms with Crippen LogP contribution < -0.4 is 14.8 Å².